The van der Waals surface area contributed by atoms with Crippen molar-refractivity contribution < 1.29 is 0 Å². The van der Waals surface area contributed by atoms with Crippen molar-refractivity contribution in [2.45, 2.75) is 66.2 Å². The van der Waals surface area contributed by atoms with Crippen LogP contribution >= 0.6 is 0 Å². The molecule has 20 heavy (non-hydrogen) atoms. The van der Waals surface area contributed by atoms with Crippen LogP contribution in [-0.4, -0.2) is 0 Å². The van der Waals surface area contributed by atoms with E-state index in [9.17, 15) is 0 Å². The lowest BCUT2D eigenvalue weighted by molar-refractivity contribution is 0.310. The van der Waals surface area contributed by atoms with Gasteiger partial charge >= 0.3 is 0 Å². The molecule has 0 heterocycles. The number of aryl methyl sites for hydroxylation is 1. The van der Waals surface area contributed by atoms with Gasteiger partial charge in [-0.1, -0.05) is 88.4 Å². The summed E-state index contributed by atoms with van der Waals surface area (Å²) in [6.45, 7) is 15.5. The summed E-state index contributed by atoms with van der Waals surface area (Å²) >= 11 is 0. The molecule has 0 radical (unpaired) electrons. The zero-order valence-corrected chi connectivity index (χ0v) is 14.1. The average molecular weight is 272 g/mol. The molecule has 0 spiro atoms. The fraction of sp³-hybridized carbons (Fsp3) is 0.600. The molecule has 0 bridgehead atoms. The number of rotatable bonds is 8. The molecule has 2 unspecified atom stereocenters. The van der Waals surface area contributed by atoms with E-state index in [0.29, 0.717) is 11.8 Å². The number of benzene rings is 1. The number of hydrogen-bond acceptors (Lipinski definition) is 0. The molecule has 0 heteroatoms. The highest BCUT2D eigenvalue weighted by Crippen LogP contribution is 2.40. The molecule has 0 fully saturated rings. The van der Waals surface area contributed by atoms with Crippen molar-refractivity contribution in [1.29, 1.82) is 0 Å². The van der Waals surface area contributed by atoms with Crippen molar-refractivity contribution in [1.82, 2.24) is 0 Å². The first-order chi connectivity index (χ1) is 9.51. The maximum Gasteiger partial charge on any atom is -0.00709 e. The van der Waals surface area contributed by atoms with Gasteiger partial charge in [-0.15, -0.1) is 0 Å². The molecule has 0 saturated carbocycles. The Morgan fingerprint density at radius 1 is 1.05 bits per heavy atom. The van der Waals surface area contributed by atoms with Crippen molar-refractivity contribution in [2.24, 2.45) is 11.8 Å². The van der Waals surface area contributed by atoms with E-state index in [1.807, 2.05) is 0 Å². The Bertz CT molecular complexity index is 393. The average Bonchev–Trinajstić information content (AvgIpc) is 2.41. The lowest BCUT2D eigenvalue weighted by atomic mass is 9.72. The zero-order valence-electron chi connectivity index (χ0n) is 14.1. The van der Waals surface area contributed by atoms with Gasteiger partial charge in [0, 0.05) is 0 Å². The van der Waals surface area contributed by atoms with Crippen LogP contribution in [0.3, 0.4) is 0 Å². The Morgan fingerprint density at radius 3 is 1.95 bits per heavy atom. The second kappa shape index (κ2) is 8.29. The van der Waals surface area contributed by atoms with Crippen molar-refractivity contribution >= 4 is 0 Å². The van der Waals surface area contributed by atoms with Crippen molar-refractivity contribution in [2.75, 3.05) is 0 Å². The third-order valence-electron chi connectivity index (χ3n) is 4.61. The Balaban J connectivity index is 3.11. The van der Waals surface area contributed by atoms with Crippen LogP contribution < -0.4 is 0 Å². The third-order valence-corrected chi connectivity index (χ3v) is 4.61. The zero-order chi connectivity index (χ0) is 15.1. The minimum absolute atomic E-state index is 0.556. The van der Waals surface area contributed by atoms with E-state index in [1.165, 1.54) is 42.4 Å². The lowest BCUT2D eigenvalue weighted by Crippen LogP contribution is -2.21. The van der Waals surface area contributed by atoms with Gasteiger partial charge < -0.3 is 0 Å². The lowest BCUT2D eigenvalue weighted by Gasteiger charge is -2.33. The quantitative estimate of drug-likeness (QED) is 0.473. The molecule has 0 aliphatic carbocycles. The SMILES string of the molecule is C=C(C)C(C)C(c1ccc(C)cc1)C(CCC)CCC. The molecule has 0 N–H and O–H groups in total. The van der Waals surface area contributed by atoms with E-state index in [2.05, 4.69) is 65.5 Å². The maximum absolute atomic E-state index is 4.22. The highest BCUT2D eigenvalue weighted by atomic mass is 14.3. The molecule has 112 valence electrons. The molecule has 0 amide bonds. The fourth-order valence-electron chi connectivity index (χ4n) is 3.31. The summed E-state index contributed by atoms with van der Waals surface area (Å²) in [6, 6.07) is 9.17. The Hall–Kier alpha value is -1.04. The summed E-state index contributed by atoms with van der Waals surface area (Å²) in [5, 5.41) is 0. The van der Waals surface area contributed by atoms with Crippen LogP contribution in [0.4, 0.5) is 0 Å². The topological polar surface area (TPSA) is 0 Å². The number of hydrogen-bond donors (Lipinski definition) is 0. The summed E-state index contributed by atoms with van der Waals surface area (Å²) in [6.07, 6.45) is 5.19. The van der Waals surface area contributed by atoms with Crippen LogP contribution in [0.2, 0.25) is 0 Å². The van der Waals surface area contributed by atoms with E-state index in [4.69, 9.17) is 0 Å². The van der Waals surface area contributed by atoms with Crippen LogP contribution in [0.1, 0.15) is 70.4 Å². The van der Waals surface area contributed by atoms with E-state index in [1.54, 1.807) is 0 Å². The molecule has 0 saturated heterocycles. The van der Waals surface area contributed by atoms with Gasteiger partial charge in [0.15, 0.2) is 0 Å². The van der Waals surface area contributed by atoms with Gasteiger partial charge in [-0.25, -0.2) is 0 Å². The predicted molar refractivity (Wildman–Crippen MR) is 91.2 cm³/mol. The highest BCUT2D eigenvalue weighted by Gasteiger charge is 2.27. The Kier molecular flexibility index (Phi) is 7.05. The van der Waals surface area contributed by atoms with Gasteiger partial charge in [-0.3, -0.25) is 0 Å². The van der Waals surface area contributed by atoms with Gasteiger partial charge in [0.25, 0.3) is 0 Å². The molecule has 0 nitrogen and oxygen atoms in total. The maximum atomic E-state index is 4.22. The first kappa shape index (κ1) is 17.0. The van der Waals surface area contributed by atoms with Crippen LogP contribution in [0.15, 0.2) is 36.4 Å². The molecule has 1 aromatic rings. The summed E-state index contributed by atoms with van der Waals surface area (Å²) in [5.41, 5.74) is 4.16. The summed E-state index contributed by atoms with van der Waals surface area (Å²) in [4.78, 5) is 0. The summed E-state index contributed by atoms with van der Waals surface area (Å²) in [7, 11) is 0. The van der Waals surface area contributed by atoms with Crippen molar-refractivity contribution in [3.05, 3.63) is 47.5 Å². The second-order valence-corrected chi connectivity index (χ2v) is 6.41. The monoisotopic (exact) mass is 272 g/mol. The minimum atomic E-state index is 0.556. The Morgan fingerprint density at radius 2 is 1.55 bits per heavy atom. The van der Waals surface area contributed by atoms with Gasteiger partial charge in [0.1, 0.15) is 0 Å². The van der Waals surface area contributed by atoms with Crippen LogP contribution in [0.5, 0.6) is 0 Å². The van der Waals surface area contributed by atoms with Gasteiger partial charge in [0.05, 0.1) is 0 Å². The first-order valence-corrected chi connectivity index (χ1v) is 8.23. The van der Waals surface area contributed by atoms with Crippen LogP contribution in [0, 0.1) is 18.8 Å². The van der Waals surface area contributed by atoms with E-state index in [0.717, 1.165) is 5.92 Å². The molecule has 0 aromatic heterocycles. The van der Waals surface area contributed by atoms with Crippen LogP contribution in [0.25, 0.3) is 0 Å². The summed E-state index contributed by atoms with van der Waals surface area (Å²) < 4.78 is 0. The fourth-order valence-corrected chi connectivity index (χ4v) is 3.31. The van der Waals surface area contributed by atoms with Crippen LogP contribution in [-0.2, 0) is 0 Å². The molecule has 1 rings (SSSR count). The molecular formula is C20H32. The molecular weight excluding hydrogens is 240 g/mol. The van der Waals surface area contributed by atoms with E-state index in [-0.39, 0.29) is 0 Å². The van der Waals surface area contributed by atoms with E-state index >= 15 is 0 Å². The van der Waals surface area contributed by atoms with E-state index < -0.39 is 0 Å². The largest absolute Gasteiger partial charge is 0.0998 e. The first-order valence-electron chi connectivity index (χ1n) is 8.23. The van der Waals surface area contributed by atoms with Gasteiger partial charge in [-0.2, -0.15) is 0 Å². The molecule has 2 atom stereocenters. The smallest absolute Gasteiger partial charge is 0.00709 e. The predicted octanol–water partition coefficient (Wildman–Crippen LogP) is 6.51. The molecule has 0 aliphatic heterocycles. The van der Waals surface area contributed by atoms with Crippen molar-refractivity contribution in [3.8, 4) is 0 Å². The highest BCUT2D eigenvalue weighted by molar-refractivity contribution is 5.27. The molecule has 1 aromatic carbocycles. The second-order valence-electron chi connectivity index (χ2n) is 6.41. The van der Waals surface area contributed by atoms with Gasteiger partial charge in [-0.05, 0) is 37.2 Å². The summed E-state index contributed by atoms with van der Waals surface area (Å²) in [5.74, 6) is 1.95. The van der Waals surface area contributed by atoms with Crippen molar-refractivity contribution in [3.63, 3.8) is 0 Å². The minimum Gasteiger partial charge on any atom is -0.0998 e. The standard InChI is InChI=1S/C20H32/c1-7-9-18(10-8-2)20(17(6)15(3)4)19-13-11-16(5)12-14-19/h11-14,17-18,20H,3,7-10H2,1-2,4-6H3. The third kappa shape index (κ3) is 4.51. The normalized spacial score (nSPS) is 14.3. The Labute approximate surface area is 126 Å². The molecule has 0 aliphatic rings. The number of allylic oxidation sites excluding steroid dienone is 1. The van der Waals surface area contributed by atoms with Gasteiger partial charge in [0.2, 0.25) is 0 Å².